The second-order valence-corrected chi connectivity index (χ2v) is 5.68. The Kier molecular flexibility index (Phi) is 5.31. The number of methoxy groups -OCH3 is 1. The van der Waals surface area contributed by atoms with Gasteiger partial charge in [0.05, 0.1) is 7.11 Å². The van der Waals surface area contributed by atoms with Crippen molar-refractivity contribution in [3.63, 3.8) is 0 Å². The van der Waals surface area contributed by atoms with E-state index in [1.165, 1.54) is 26.2 Å². The molecule has 0 heterocycles. The number of sulfonamides is 1. The standard InChI is InChI=1S/C12H18N2O4S/c1-4-7-13-19(16,17)12-8-10(14-9(2)15)5-6-11(12)18-3/h5-6,8,13H,4,7H2,1-3H3,(H,14,15). The summed E-state index contributed by atoms with van der Waals surface area (Å²) in [6, 6.07) is 4.46. The van der Waals surface area contributed by atoms with Gasteiger partial charge in [-0.15, -0.1) is 0 Å². The van der Waals surface area contributed by atoms with Crippen molar-refractivity contribution in [1.29, 1.82) is 0 Å². The van der Waals surface area contributed by atoms with Crippen LogP contribution in [0, 0.1) is 0 Å². The number of carbonyl (C=O) groups is 1. The van der Waals surface area contributed by atoms with E-state index in [0.29, 0.717) is 18.7 Å². The Labute approximate surface area is 113 Å². The van der Waals surface area contributed by atoms with Crippen molar-refractivity contribution in [3.05, 3.63) is 18.2 Å². The SMILES string of the molecule is CCCNS(=O)(=O)c1cc(NC(C)=O)ccc1OC. The van der Waals surface area contributed by atoms with Crippen LogP contribution in [0.4, 0.5) is 5.69 Å². The minimum atomic E-state index is -3.65. The van der Waals surface area contributed by atoms with Gasteiger partial charge in [-0.25, -0.2) is 13.1 Å². The van der Waals surface area contributed by atoms with Gasteiger partial charge in [0.2, 0.25) is 15.9 Å². The lowest BCUT2D eigenvalue weighted by atomic mass is 10.3. The highest BCUT2D eigenvalue weighted by atomic mass is 32.2. The third kappa shape index (κ3) is 4.22. The van der Waals surface area contributed by atoms with Crippen molar-refractivity contribution in [3.8, 4) is 5.75 Å². The van der Waals surface area contributed by atoms with Crippen LogP contribution in [-0.4, -0.2) is 28.0 Å². The molecule has 19 heavy (non-hydrogen) atoms. The first kappa shape index (κ1) is 15.5. The lowest BCUT2D eigenvalue weighted by Crippen LogP contribution is -2.25. The van der Waals surface area contributed by atoms with E-state index in [1.807, 2.05) is 6.92 Å². The molecule has 1 amide bonds. The van der Waals surface area contributed by atoms with E-state index >= 15 is 0 Å². The second kappa shape index (κ2) is 6.53. The first-order valence-electron chi connectivity index (χ1n) is 5.86. The number of nitrogens with one attached hydrogen (secondary N) is 2. The molecule has 1 aromatic carbocycles. The Morgan fingerprint density at radius 3 is 2.58 bits per heavy atom. The van der Waals surface area contributed by atoms with E-state index in [2.05, 4.69) is 10.0 Å². The Morgan fingerprint density at radius 1 is 1.37 bits per heavy atom. The fourth-order valence-electron chi connectivity index (χ4n) is 1.48. The van der Waals surface area contributed by atoms with Crippen molar-refractivity contribution in [2.45, 2.75) is 25.2 Å². The first-order chi connectivity index (χ1) is 8.90. The number of ether oxygens (including phenoxy) is 1. The summed E-state index contributed by atoms with van der Waals surface area (Å²) in [5.74, 6) is -0.0345. The molecule has 0 bridgehead atoms. The molecule has 7 heteroatoms. The van der Waals surface area contributed by atoms with Gasteiger partial charge in [0.25, 0.3) is 0 Å². The van der Waals surface area contributed by atoms with Crippen LogP contribution in [0.15, 0.2) is 23.1 Å². The highest BCUT2D eigenvalue weighted by Crippen LogP contribution is 2.26. The lowest BCUT2D eigenvalue weighted by molar-refractivity contribution is -0.114. The van der Waals surface area contributed by atoms with Crippen molar-refractivity contribution in [1.82, 2.24) is 4.72 Å². The average molecular weight is 286 g/mol. The predicted molar refractivity (Wildman–Crippen MR) is 72.8 cm³/mol. The number of rotatable bonds is 6. The maximum Gasteiger partial charge on any atom is 0.244 e. The highest BCUT2D eigenvalue weighted by molar-refractivity contribution is 7.89. The molecule has 0 fully saturated rings. The van der Waals surface area contributed by atoms with Gasteiger partial charge in [0.1, 0.15) is 10.6 Å². The summed E-state index contributed by atoms with van der Waals surface area (Å²) < 4.78 is 31.7. The normalized spacial score (nSPS) is 11.1. The molecule has 1 rings (SSSR count). The Hall–Kier alpha value is -1.60. The fraction of sp³-hybridized carbons (Fsp3) is 0.417. The predicted octanol–water partition coefficient (Wildman–Crippen LogP) is 1.34. The highest BCUT2D eigenvalue weighted by Gasteiger charge is 2.19. The van der Waals surface area contributed by atoms with Crippen LogP contribution >= 0.6 is 0 Å². The van der Waals surface area contributed by atoms with Gasteiger partial charge in [-0.05, 0) is 24.6 Å². The summed E-state index contributed by atoms with van der Waals surface area (Å²) in [4.78, 5) is 11.0. The second-order valence-electron chi connectivity index (χ2n) is 3.94. The summed E-state index contributed by atoms with van der Waals surface area (Å²) in [6.45, 7) is 3.57. The van der Waals surface area contributed by atoms with Crippen LogP contribution in [0.1, 0.15) is 20.3 Å². The van der Waals surface area contributed by atoms with Crippen molar-refractivity contribution in [2.24, 2.45) is 0 Å². The summed E-state index contributed by atoms with van der Waals surface area (Å²) in [6.07, 6.45) is 0.687. The van der Waals surface area contributed by atoms with Gasteiger partial charge in [0, 0.05) is 19.2 Å². The minimum Gasteiger partial charge on any atom is -0.495 e. The van der Waals surface area contributed by atoms with Crippen LogP contribution in [0.2, 0.25) is 0 Å². The Bertz CT molecular complexity index is 555. The number of carbonyl (C=O) groups excluding carboxylic acids is 1. The summed E-state index contributed by atoms with van der Waals surface area (Å²) in [5, 5.41) is 2.54. The number of hydrogen-bond donors (Lipinski definition) is 2. The van der Waals surface area contributed by atoms with E-state index in [-0.39, 0.29) is 16.6 Å². The van der Waals surface area contributed by atoms with E-state index in [1.54, 1.807) is 6.07 Å². The molecule has 0 aliphatic rings. The van der Waals surface area contributed by atoms with Gasteiger partial charge in [-0.2, -0.15) is 0 Å². The molecule has 0 unspecified atom stereocenters. The quantitative estimate of drug-likeness (QED) is 0.826. The zero-order chi connectivity index (χ0) is 14.5. The molecule has 6 nitrogen and oxygen atoms in total. The van der Waals surface area contributed by atoms with Crippen LogP contribution in [0.3, 0.4) is 0 Å². The fourth-order valence-corrected chi connectivity index (χ4v) is 2.81. The lowest BCUT2D eigenvalue weighted by Gasteiger charge is -2.12. The molecule has 0 atom stereocenters. The number of hydrogen-bond acceptors (Lipinski definition) is 4. The number of amides is 1. The summed E-state index contributed by atoms with van der Waals surface area (Å²) in [7, 11) is -2.25. The van der Waals surface area contributed by atoms with Crippen LogP contribution < -0.4 is 14.8 Å². The van der Waals surface area contributed by atoms with Gasteiger partial charge in [-0.1, -0.05) is 6.92 Å². The largest absolute Gasteiger partial charge is 0.495 e. The molecule has 106 valence electrons. The molecule has 0 radical (unpaired) electrons. The Balaban J connectivity index is 3.18. The van der Waals surface area contributed by atoms with Crippen molar-refractivity contribution < 1.29 is 17.9 Å². The summed E-state index contributed by atoms with van der Waals surface area (Å²) in [5.41, 5.74) is 0.408. The van der Waals surface area contributed by atoms with Crippen LogP contribution in [0.5, 0.6) is 5.75 Å². The molecule has 0 saturated carbocycles. The first-order valence-corrected chi connectivity index (χ1v) is 7.34. The number of anilines is 1. The zero-order valence-corrected chi connectivity index (χ0v) is 12.0. The molecule has 0 aromatic heterocycles. The number of benzene rings is 1. The monoisotopic (exact) mass is 286 g/mol. The van der Waals surface area contributed by atoms with E-state index < -0.39 is 10.0 Å². The topological polar surface area (TPSA) is 84.5 Å². The molecule has 0 spiro atoms. The van der Waals surface area contributed by atoms with Gasteiger partial charge < -0.3 is 10.1 Å². The van der Waals surface area contributed by atoms with Crippen LogP contribution in [-0.2, 0) is 14.8 Å². The molecule has 0 aliphatic heterocycles. The van der Waals surface area contributed by atoms with E-state index in [0.717, 1.165) is 0 Å². The van der Waals surface area contributed by atoms with Crippen LogP contribution in [0.25, 0.3) is 0 Å². The van der Waals surface area contributed by atoms with Gasteiger partial charge in [-0.3, -0.25) is 4.79 Å². The van der Waals surface area contributed by atoms with Crippen molar-refractivity contribution in [2.75, 3.05) is 19.0 Å². The van der Waals surface area contributed by atoms with E-state index in [9.17, 15) is 13.2 Å². The summed E-state index contributed by atoms with van der Waals surface area (Å²) >= 11 is 0. The molecule has 1 aromatic rings. The third-order valence-corrected chi connectivity index (χ3v) is 3.80. The van der Waals surface area contributed by atoms with Gasteiger partial charge in [0.15, 0.2) is 0 Å². The van der Waals surface area contributed by atoms with Gasteiger partial charge >= 0.3 is 0 Å². The Morgan fingerprint density at radius 2 is 2.05 bits per heavy atom. The molecule has 0 saturated heterocycles. The maximum absolute atomic E-state index is 12.1. The average Bonchev–Trinajstić information content (AvgIpc) is 2.35. The zero-order valence-electron chi connectivity index (χ0n) is 11.2. The molecule has 0 aliphatic carbocycles. The molecular weight excluding hydrogens is 268 g/mol. The smallest absolute Gasteiger partial charge is 0.244 e. The van der Waals surface area contributed by atoms with E-state index in [4.69, 9.17) is 4.74 Å². The third-order valence-electron chi connectivity index (χ3n) is 2.32. The van der Waals surface area contributed by atoms with Crippen molar-refractivity contribution >= 4 is 21.6 Å². The minimum absolute atomic E-state index is 0.00898. The molecule has 2 N–H and O–H groups in total. The maximum atomic E-state index is 12.1. The molecular formula is C12H18N2O4S.